The summed E-state index contributed by atoms with van der Waals surface area (Å²) >= 11 is 6.75. The van der Waals surface area contributed by atoms with Crippen LogP contribution in [0.1, 0.15) is 62.8 Å². The summed E-state index contributed by atoms with van der Waals surface area (Å²) in [5, 5.41) is 19.6. The van der Waals surface area contributed by atoms with Crippen molar-refractivity contribution in [3.63, 3.8) is 0 Å². The maximum absolute atomic E-state index is 14.6. The lowest BCUT2D eigenvalue weighted by atomic mass is 9.82. The van der Waals surface area contributed by atoms with Crippen LogP contribution < -0.4 is 26.3 Å². The molecule has 0 aliphatic carbocycles. The van der Waals surface area contributed by atoms with Crippen LogP contribution in [0.3, 0.4) is 0 Å². The average molecular weight is 1110 g/mol. The van der Waals surface area contributed by atoms with Crippen LogP contribution in [-0.4, -0.2) is 151 Å². The molecule has 3 aliphatic rings. The predicted molar refractivity (Wildman–Crippen MR) is 275 cm³/mol. The number of amides is 4. The first-order valence-electron chi connectivity index (χ1n) is 25.0. The number of halogens is 7. The van der Waals surface area contributed by atoms with Gasteiger partial charge in [-0.3, -0.25) is 24.9 Å². The van der Waals surface area contributed by atoms with Crippen molar-refractivity contribution in [3.05, 3.63) is 112 Å². The molecule has 2 bridgehead atoms. The van der Waals surface area contributed by atoms with Gasteiger partial charge in [0.15, 0.2) is 0 Å². The number of aromatic nitrogens is 2. The van der Waals surface area contributed by atoms with Crippen molar-refractivity contribution in [1.82, 2.24) is 41.3 Å². The quantitative estimate of drug-likeness (QED) is 0.0397. The number of carbonyl (C=O) groups excluding carboxylic acids is 4. The van der Waals surface area contributed by atoms with Gasteiger partial charge in [-0.1, -0.05) is 53.8 Å². The highest BCUT2D eigenvalue weighted by atomic mass is 35.5. The number of hydrazine groups is 1. The van der Waals surface area contributed by atoms with Crippen LogP contribution in [0, 0.1) is 22.7 Å². The molecule has 5 N–H and O–H groups in total. The summed E-state index contributed by atoms with van der Waals surface area (Å²) in [7, 11) is 1.77. The maximum Gasteiger partial charge on any atom is 0.407 e. The first-order chi connectivity index (χ1) is 36.8. The molecule has 6 atom stereocenters. The summed E-state index contributed by atoms with van der Waals surface area (Å²) in [6.07, 6.45) is -9.54. The average Bonchev–Trinajstić information content (AvgIpc) is 3.82. The van der Waals surface area contributed by atoms with E-state index < -0.39 is 84.5 Å². The second kappa shape index (κ2) is 24.5. The minimum Gasteiger partial charge on any atom is -0.453 e. The van der Waals surface area contributed by atoms with Gasteiger partial charge in [0.2, 0.25) is 5.91 Å². The molecule has 24 heteroatoms. The highest BCUT2D eigenvalue weighted by Crippen LogP contribution is 2.42. The van der Waals surface area contributed by atoms with Gasteiger partial charge in [-0.15, -0.1) is 0 Å². The van der Waals surface area contributed by atoms with Crippen LogP contribution in [0.25, 0.3) is 11.3 Å². The van der Waals surface area contributed by atoms with Crippen LogP contribution >= 0.6 is 11.6 Å². The Morgan fingerprint density at radius 2 is 1.37 bits per heavy atom. The van der Waals surface area contributed by atoms with E-state index in [9.17, 15) is 50.6 Å². The van der Waals surface area contributed by atoms with Crippen molar-refractivity contribution in [1.29, 1.82) is 0 Å². The van der Waals surface area contributed by atoms with E-state index in [-0.39, 0.29) is 17.0 Å². The number of alkyl carbamates (subject to hydrolysis) is 2. The van der Waals surface area contributed by atoms with E-state index in [1.807, 2.05) is 22.8 Å². The number of nitrogens with zero attached hydrogens (tertiary/aromatic N) is 5. The Kier molecular flexibility index (Phi) is 18.5. The van der Waals surface area contributed by atoms with Gasteiger partial charge in [0, 0.05) is 72.4 Å². The van der Waals surface area contributed by atoms with Gasteiger partial charge >= 0.3 is 24.5 Å². The Hall–Kier alpha value is -6.71. The summed E-state index contributed by atoms with van der Waals surface area (Å²) in [4.78, 5) is 67.0. The van der Waals surface area contributed by atoms with Gasteiger partial charge in [-0.25, -0.2) is 19.6 Å². The smallest absolute Gasteiger partial charge is 0.407 e. The number of hydrogen-bond acceptors (Lipinski definition) is 13. The molecule has 4 amide bonds. The number of nitrogens with one attached hydrogen (secondary N) is 4. The molecule has 2 aromatic carbocycles. The Bertz CT molecular complexity index is 2800. The minimum atomic E-state index is -5.08. The first-order valence-corrected chi connectivity index (χ1v) is 25.4. The number of pyridine rings is 2. The monoisotopic (exact) mass is 1110 g/mol. The molecule has 2 aromatic heterocycles. The van der Waals surface area contributed by atoms with Crippen LogP contribution in [0.4, 0.5) is 41.7 Å². The number of carbonyl (C=O) groups is 4. The van der Waals surface area contributed by atoms with Gasteiger partial charge in [-0.2, -0.15) is 26.3 Å². The van der Waals surface area contributed by atoms with Crippen LogP contribution in [0.5, 0.6) is 0 Å². The van der Waals surface area contributed by atoms with E-state index in [1.165, 1.54) is 6.07 Å². The zero-order chi connectivity index (χ0) is 56.7. The van der Waals surface area contributed by atoms with Gasteiger partial charge in [0.1, 0.15) is 17.9 Å². The molecule has 0 radical (unpaired) electrons. The third-order valence-corrected chi connectivity index (χ3v) is 14.9. The van der Waals surface area contributed by atoms with Gasteiger partial charge < -0.3 is 40.2 Å². The molecule has 3 saturated heterocycles. The molecular weight excluding hydrogens is 1050 g/mol. The van der Waals surface area contributed by atoms with Crippen molar-refractivity contribution in [2.24, 2.45) is 10.8 Å². The standard InChI is InChI=1S/C54H62ClF6N9O8/c1-51(2,53(56,57)58)45(65-49(74)76-5)47(72)64-42(23-33-13-10-32(11-14-33)12-15-34-16-21-44(63-25-34)68-27-37-19-20-38(28-68)70(37)39-30-78-31-39)43(71)29-69(26-36-18-17-35(24-40(36)55)41-9-7-8-22-62-41)67-48(73)46(66-50(75)77-6)52(3,4)54(59,60)61/h7-11,13-14,16-18,21-22,24-25,37-39,42-43,45-46,71H,19-20,23,26-31H2,1-6H3,(H,64,72)(H,65,74)(H,66,75)(H,67,73)/t37?,38?,42-,43-,45?,46+/m0/s1. The molecule has 78 heavy (non-hydrogen) atoms. The normalized spacial score (nSPS) is 18.6. The number of anilines is 1. The molecule has 5 heterocycles. The summed E-state index contributed by atoms with van der Waals surface area (Å²) in [5.74, 6) is 4.23. The number of benzene rings is 2. The summed E-state index contributed by atoms with van der Waals surface area (Å²) in [5.41, 5.74) is -0.525. The Morgan fingerprint density at radius 1 is 0.782 bits per heavy atom. The van der Waals surface area contributed by atoms with Crippen molar-refractivity contribution < 1.29 is 64.8 Å². The highest BCUT2D eigenvalue weighted by Gasteiger charge is 2.57. The number of alkyl halides is 6. The number of fused-ring (bicyclic) bond motifs is 2. The van der Waals surface area contributed by atoms with E-state index in [1.54, 1.807) is 67.0 Å². The van der Waals surface area contributed by atoms with E-state index in [4.69, 9.17) is 21.3 Å². The molecule has 4 aromatic rings. The lowest BCUT2D eigenvalue weighted by molar-refractivity contribution is -0.221. The number of methoxy groups -OCH3 is 2. The van der Waals surface area contributed by atoms with E-state index >= 15 is 0 Å². The van der Waals surface area contributed by atoms with Crippen LogP contribution in [0.15, 0.2) is 85.2 Å². The van der Waals surface area contributed by atoms with Gasteiger partial charge in [0.05, 0.1) is 62.1 Å². The molecular formula is C54H62ClF6N9O8. The highest BCUT2D eigenvalue weighted by molar-refractivity contribution is 6.31. The van der Waals surface area contributed by atoms with Crippen LogP contribution in [-0.2, 0) is 36.8 Å². The fourth-order valence-corrected chi connectivity index (χ4v) is 9.80. The molecule has 0 saturated carbocycles. The SMILES string of the molecule is COC(=O)NC(C(=O)N[C@@H](Cc1ccc(C#Cc2ccc(N3CC4CCC(C3)N4C3COC3)nc2)cc1)[C@@H](O)CN(Cc1ccc(-c2ccccn2)cc1Cl)NC(=O)[C@@H](NC(=O)OC)C(C)(C)C(F)(F)F)C(C)(C)C(F)(F)F. The van der Waals surface area contributed by atoms with E-state index in [0.29, 0.717) is 73.8 Å². The fraction of sp³-hybridized carbons (Fsp3) is 0.481. The zero-order valence-corrected chi connectivity index (χ0v) is 44.4. The number of ether oxygens (including phenoxy) is 3. The minimum absolute atomic E-state index is 0.0928. The number of aliphatic hydroxyl groups is 1. The van der Waals surface area contributed by atoms with Crippen molar-refractivity contribution in [3.8, 4) is 23.1 Å². The van der Waals surface area contributed by atoms with Crippen molar-refractivity contribution in [2.75, 3.05) is 52.0 Å². The Morgan fingerprint density at radius 3 is 1.88 bits per heavy atom. The molecule has 3 unspecified atom stereocenters. The second-order valence-corrected chi connectivity index (χ2v) is 21.0. The van der Waals surface area contributed by atoms with E-state index in [2.05, 4.69) is 46.8 Å². The summed E-state index contributed by atoms with van der Waals surface area (Å²) in [6, 6.07) is 15.4. The summed E-state index contributed by atoms with van der Waals surface area (Å²) < 4.78 is 102. The second-order valence-electron chi connectivity index (χ2n) is 20.6. The van der Waals surface area contributed by atoms with Gasteiger partial charge in [0.25, 0.3) is 5.91 Å². The molecule has 420 valence electrons. The lowest BCUT2D eigenvalue weighted by Gasteiger charge is -2.47. The molecule has 3 aliphatic heterocycles. The zero-order valence-electron chi connectivity index (χ0n) is 43.7. The first kappa shape index (κ1) is 59.0. The predicted octanol–water partition coefficient (Wildman–Crippen LogP) is 6.80. The molecule has 7 rings (SSSR count). The summed E-state index contributed by atoms with van der Waals surface area (Å²) in [6.45, 7) is 4.85. The number of aliphatic hydroxyl groups excluding tert-OH is 1. The fourth-order valence-electron chi connectivity index (χ4n) is 9.56. The largest absolute Gasteiger partial charge is 0.453 e. The number of rotatable bonds is 18. The maximum atomic E-state index is 14.6. The Balaban J connectivity index is 1.16. The third kappa shape index (κ3) is 13.9. The van der Waals surface area contributed by atoms with Crippen molar-refractivity contribution >= 4 is 41.4 Å². The van der Waals surface area contributed by atoms with Gasteiger partial charge in [-0.05, 0) is 101 Å². The Labute approximate surface area is 452 Å². The van der Waals surface area contributed by atoms with E-state index in [0.717, 1.165) is 64.2 Å². The lowest BCUT2D eigenvalue weighted by Crippen LogP contribution is -2.63. The third-order valence-electron chi connectivity index (χ3n) is 14.6. The number of piperazine rings is 1. The topological polar surface area (TPSA) is 200 Å². The van der Waals surface area contributed by atoms with Crippen molar-refractivity contribution in [2.45, 2.75) is 108 Å². The number of hydrogen-bond donors (Lipinski definition) is 5. The molecule has 17 nitrogen and oxygen atoms in total. The molecule has 3 fully saturated rings. The van der Waals surface area contributed by atoms with Crippen LogP contribution in [0.2, 0.25) is 5.02 Å². The molecule has 0 spiro atoms.